The molecule has 33 heavy (non-hydrogen) atoms. The predicted molar refractivity (Wildman–Crippen MR) is 116 cm³/mol. The van der Waals surface area contributed by atoms with Crippen LogP contribution in [0.2, 0.25) is 0 Å². The van der Waals surface area contributed by atoms with Crippen LogP contribution in [0.15, 0.2) is 29.2 Å². The monoisotopic (exact) mass is 489 g/mol. The predicted octanol–water partition coefficient (Wildman–Crippen LogP) is 3.06. The third-order valence-electron chi connectivity index (χ3n) is 6.47. The minimum atomic E-state index is -4.64. The second-order valence-electron chi connectivity index (χ2n) is 8.70. The van der Waals surface area contributed by atoms with E-state index in [1.165, 1.54) is 0 Å². The van der Waals surface area contributed by atoms with Crippen molar-refractivity contribution in [2.24, 2.45) is 5.92 Å². The van der Waals surface area contributed by atoms with Crippen LogP contribution in [-0.2, 0) is 25.8 Å². The van der Waals surface area contributed by atoms with Gasteiger partial charge in [0.1, 0.15) is 5.54 Å². The Bertz CT molecular complexity index is 967. The molecule has 0 radical (unpaired) electrons. The van der Waals surface area contributed by atoms with Crippen molar-refractivity contribution in [1.82, 2.24) is 14.9 Å². The summed E-state index contributed by atoms with van der Waals surface area (Å²) in [7, 11) is -4.12. The van der Waals surface area contributed by atoms with Gasteiger partial charge in [0, 0.05) is 25.6 Å². The fourth-order valence-corrected chi connectivity index (χ4v) is 6.09. The van der Waals surface area contributed by atoms with Crippen LogP contribution >= 0.6 is 0 Å². The number of nitrogens with zero attached hydrogens (tertiary/aromatic N) is 1. The molecule has 2 N–H and O–H groups in total. The zero-order valence-electron chi connectivity index (χ0n) is 18.6. The molecule has 1 aliphatic heterocycles. The molecule has 0 bridgehead atoms. The lowest BCUT2D eigenvalue weighted by Crippen LogP contribution is -2.61. The quantitative estimate of drug-likeness (QED) is 0.642. The molecule has 2 aliphatic rings. The van der Waals surface area contributed by atoms with Gasteiger partial charge in [0.25, 0.3) is 0 Å². The molecule has 1 saturated heterocycles. The molecular formula is C22H30F3N3O4S. The van der Waals surface area contributed by atoms with Gasteiger partial charge in [-0.3, -0.25) is 9.59 Å². The number of amides is 2. The van der Waals surface area contributed by atoms with Crippen molar-refractivity contribution >= 4 is 21.8 Å². The van der Waals surface area contributed by atoms with E-state index in [9.17, 15) is 31.2 Å². The summed E-state index contributed by atoms with van der Waals surface area (Å²) < 4.78 is 65.8. The van der Waals surface area contributed by atoms with Crippen molar-refractivity contribution in [2.75, 3.05) is 19.6 Å². The Hall–Kier alpha value is -2.14. The molecule has 3 rings (SSSR count). The summed E-state index contributed by atoms with van der Waals surface area (Å²) in [5, 5.41) is 5.76. The van der Waals surface area contributed by atoms with Gasteiger partial charge in [0.2, 0.25) is 21.8 Å². The van der Waals surface area contributed by atoms with Crippen molar-refractivity contribution in [1.29, 1.82) is 0 Å². The molecule has 1 aromatic carbocycles. The first kappa shape index (κ1) is 25.5. The molecule has 0 aromatic heterocycles. The minimum Gasteiger partial charge on any atom is -0.354 e. The van der Waals surface area contributed by atoms with Gasteiger partial charge in [0.15, 0.2) is 0 Å². The lowest BCUT2D eigenvalue weighted by atomic mass is 9.80. The van der Waals surface area contributed by atoms with Crippen LogP contribution in [0.5, 0.6) is 0 Å². The van der Waals surface area contributed by atoms with Crippen LogP contribution in [0.3, 0.4) is 0 Å². The Balaban J connectivity index is 1.66. The van der Waals surface area contributed by atoms with Crippen molar-refractivity contribution in [3.05, 3.63) is 29.8 Å². The molecule has 1 aromatic rings. The lowest BCUT2D eigenvalue weighted by molar-refractivity contribution is -0.137. The van der Waals surface area contributed by atoms with E-state index in [4.69, 9.17) is 0 Å². The molecule has 11 heteroatoms. The Kier molecular flexibility index (Phi) is 7.73. The molecule has 1 saturated carbocycles. The standard InChI is InChI=1S/C22H30F3N3O4S/c1-2-26-20(30)21(11-4-3-5-12-21)27-19(29)16-9-13-28(14-10-16)33(31,32)18-8-6-7-17(15-18)22(23,24)25/h6-8,15-16H,2-5,9-14H2,1H3,(H,26,30)(H,27,29). The molecule has 0 spiro atoms. The maximum atomic E-state index is 13.0. The van der Waals surface area contributed by atoms with E-state index in [0.29, 0.717) is 25.5 Å². The number of alkyl halides is 3. The van der Waals surface area contributed by atoms with Crippen LogP contribution in [0, 0.1) is 5.92 Å². The van der Waals surface area contributed by atoms with E-state index in [2.05, 4.69) is 10.6 Å². The van der Waals surface area contributed by atoms with Crippen molar-refractivity contribution in [3.63, 3.8) is 0 Å². The number of carbonyl (C=O) groups is 2. The molecule has 7 nitrogen and oxygen atoms in total. The van der Waals surface area contributed by atoms with Crippen LogP contribution in [0.4, 0.5) is 13.2 Å². The largest absolute Gasteiger partial charge is 0.416 e. The van der Waals surface area contributed by atoms with Crippen LogP contribution in [-0.4, -0.2) is 49.7 Å². The zero-order chi connectivity index (χ0) is 24.3. The highest BCUT2D eigenvalue weighted by Crippen LogP contribution is 2.33. The van der Waals surface area contributed by atoms with Gasteiger partial charge in [0.05, 0.1) is 10.5 Å². The van der Waals surface area contributed by atoms with Gasteiger partial charge in [-0.05, 0) is 50.8 Å². The molecule has 184 valence electrons. The lowest BCUT2D eigenvalue weighted by Gasteiger charge is -2.38. The summed E-state index contributed by atoms with van der Waals surface area (Å²) in [6.07, 6.45) is -0.375. The van der Waals surface area contributed by atoms with Crippen LogP contribution in [0.1, 0.15) is 57.4 Å². The maximum absolute atomic E-state index is 13.0. The number of carbonyl (C=O) groups excluding carboxylic acids is 2. The Labute approximate surface area is 192 Å². The fraction of sp³-hybridized carbons (Fsp3) is 0.636. The number of sulfonamides is 1. The van der Waals surface area contributed by atoms with Gasteiger partial charge in [-0.1, -0.05) is 25.3 Å². The summed E-state index contributed by atoms with van der Waals surface area (Å²) >= 11 is 0. The fourth-order valence-electron chi connectivity index (χ4n) is 4.57. The van der Waals surface area contributed by atoms with E-state index in [1.54, 1.807) is 0 Å². The molecule has 2 amide bonds. The number of piperidine rings is 1. The van der Waals surface area contributed by atoms with Gasteiger partial charge in [-0.15, -0.1) is 0 Å². The number of rotatable bonds is 6. The third-order valence-corrected chi connectivity index (χ3v) is 8.36. The summed E-state index contributed by atoms with van der Waals surface area (Å²) in [5.41, 5.74) is -1.96. The number of benzene rings is 1. The minimum absolute atomic E-state index is 0.0187. The third kappa shape index (κ3) is 5.68. The van der Waals surface area contributed by atoms with E-state index >= 15 is 0 Å². The van der Waals surface area contributed by atoms with E-state index in [-0.39, 0.29) is 37.7 Å². The Morgan fingerprint density at radius 2 is 1.76 bits per heavy atom. The highest BCUT2D eigenvalue weighted by Gasteiger charge is 2.42. The summed E-state index contributed by atoms with van der Waals surface area (Å²) in [5.74, 6) is -0.937. The molecule has 0 atom stereocenters. The summed E-state index contributed by atoms with van der Waals surface area (Å²) in [6.45, 7) is 2.31. The smallest absolute Gasteiger partial charge is 0.354 e. The first-order valence-corrected chi connectivity index (χ1v) is 12.7. The highest BCUT2D eigenvalue weighted by atomic mass is 32.2. The Morgan fingerprint density at radius 3 is 2.33 bits per heavy atom. The topological polar surface area (TPSA) is 95.6 Å². The number of nitrogens with one attached hydrogen (secondary N) is 2. The first-order chi connectivity index (χ1) is 15.5. The average Bonchev–Trinajstić information content (AvgIpc) is 2.79. The van der Waals surface area contributed by atoms with Gasteiger partial charge >= 0.3 is 6.18 Å². The number of halogens is 3. The summed E-state index contributed by atoms with van der Waals surface area (Å²) in [6, 6.07) is 3.67. The molecule has 2 fully saturated rings. The normalized spacial score (nSPS) is 20.2. The first-order valence-electron chi connectivity index (χ1n) is 11.3. The molecule has 1 aliphatic carbocycles. The van der Waals surface area contributed by atoms with Crippen molar-refractivity contribution < 1.29 is 31.2 Å². The number of hydrogen-bond acceptors (Lipinski definition) is 4. The Morgan fingerprint density at radius 1 is 1.12 bits per heavy atom. The van der Waals surface area contributed by atoms with Crippen molar-refractivity contribution in [2.45, 2.75) is 68.5 Å². The van der Waals surface area contributed by atoms with E-state index in [0.717, 1.165) is 41.8 Å². The highest BCUT2D eigenvalue weighted by molar-refractivity contribution is 7.89. The average molecular weight is 490 g/mol. The van der Waals surface area contributed by atoms with Gasteiger partial charge < -0.3 is 10.6 Å². The van der Waals surface area contributed by atoms with Crippen LogP contribution < -0.4 is 10.6 Å². The van der Waals surface area contributed by atoms with Crippen molar-refractivity contribution in [3.8, 4) is 0 Å². The van der Waals surface area contributed by atoms with Crippen LogP contribution in [0.25, 0.3) is 0 Å². The van der Waals surface area contributed by atoms with Gasteiger partial charge in [-0.2, -0.15) is 17.5 Å². The summed E-state index contributed by atoms with van der Waals surface area (Å²) in [4.78, 5) is 25.2. The molecule has 1 heterocycles. The molecule has 0 unspecified atom stereocenters. The maximum Gasteiger partial charge on any atom is 0.416 e. The second kappa shape index (κ2) is 10.0. The molecular weight excluding hydrogens is 459 g/mol. The number of likely N-dealkylation sites (N-methyl/N-ethyl adjacent to an activating group) is 1. The zero-order valence-corrected chi connectivity index (χ0v) is 19.4. The SMILES string of the molecule is CCNC(=O)C1(NC(=O)C2CCN(S(=O)(=O)c3cccc(C(F)(F)F)c3)CC2)CCCCC1. The second-order valence-corrected chi connectivity index (χ2v) is 10.6. The van der Waals surface area contributed by atoms with E-state index < -0.39 is 38.1 Å². The van der Waals surface area contributed by atoms with Gasteiger partial charge in [-0.25, -0.2) is 8.42 Å². The number of hydrogen-bond donors (Lipinski definition) is 2. The van der Waals surface area contributed by atoms with E-state index in [1.807, 2.05) is 6.92 Å².